The van der Waals surface area contributed by atoms with Gasteiger partial charge in [-0.15, -0.1) is 0 Å². The van der Waals surface area contributed by atoms with Crippen LogP contribution in [0.4, 0.5) is 0 Å². The highest BCUT2D eigenvalue weighted by molar-refractivity contribution is 5.81. The van der Waals surface area contributed by atoms with Gasteiger partial charge in [0.05, 0.1) is 20.1 Å². The van der Waals surface area contributed by atoms with Crippen LogP contribution in [0.5, 0.6) is 0 Å². The van der Waals surface area contributed by atoms with E-state index in [0.717, 1.165) is 11.1 Å². The molecule has 5 heteroatoms. The van der Waals surface area contributed by atoms with Gasteiger partial charge >= 0.3 is 11.9 Å². The van der Waals surface area contributed by atoms with E-state index >= 15 is 0 Å². The summed E-state index contributed by atoms with van der Waals surface area (Å²) in [7, 11) is 2.76. The largest absolute Gasteiger partial charge is 0.469 e. The highest BCUT2D eigenvalue weighted by Crippen LogP contribution is 2.40. The average molecular weight is 340 g/mol. The zero-order chi connectivity index (χ0) is 17.8. The molecule has 5 nitrogen and oxygen atoms in total. The minimum absolute atomic E-state index is 0.206. The van der Waals surface area contributed by atoms with Gasteiger partial charge in [-0.1, -0.05) is 60.7 Å². The molecule has 0 bridgehead atoms. The molecule has 3 rings (SSSR count). The minimum atomic E-state index is -0.498. The number of rotatable bonds is 4. The second-order valence-electron chi connectivity index (χ2n) is 6.16. The number of carbonyl (C=O) groups excluding carboxylic acids is 2. The fraction of sp³-hybridized carbons (Fsp3) is 0.300. The summed E-state index contributed by atoms with van der Waals surface area (Å²) in [6, 6.07) is 18.6. The summed E-state index contributed by atoms with van der Waals surface area (Å²) in [6.07, 6.45) is 0. The number of nitrogens with two attached hydrogens (primary N) is 1. The number of ether oxygens (including phenoxy) is 2. The van der Waals surface area contributed by atoms with E-state index in [4.69, 9.17) is 9.47 Å². The van der Waals surface area contributed by atoms with Gasteiger partial charge in [0.1, 0.15) is 12.0 Å². The fourth-order valence-electron chi connectivity index (χ4n) is 3.78. The maximum absolute atomic E-state index is 12.6. The second-order valence-corrected chi connectivity index (χ2v) is 6.16. The molecule has 1 saturated heterocycles. The molecule has 1 fully saturated rings. The summed E-state index contributed by atoms with van der Waals surface area (Å²) in [6.45, 7) is 0. The summed E-state index contributed by atoms with van der Waals surface area (Å²) in [5.74, 6) is -1.43. The maximum atomic E-state index is 12.6. The van der Waals surface area contributed by atoms with Crippen molar-refractivity contribution < 1.29 is 24.4 Å². The molecule has 25 heavy (non-hydrogen) atoms. The van der Waals surface area contributed by atoms with Gasteiger partial charge in [0.2, 0.25) is 0 Å². The minimum Gasteiger partial charge on any atom is -0.469 e. The third kappa shape index (κ3) is 3.28. The molecule has 1 aliphatic rings. The van der Waals surface area contributed by atoms with Crippen LogP contribution >= 0.6 is 0 Å². The third-order valence-corrected chi connectivity index (χ3v) is 4.89. The topological polar surface area (TPSA) is 69.2 Å². The van der Waals surface area contributed by atoms with E-state index in [9.17, 15) is 9.59 Å². The zero-order valence-electron chi connectivity index (χ0n) is 14.3. The highest BCUT2D eigenvalue weighted by atomic mass is 16.5. The molecule has 0 amide bonds. The molecule has 2 N–H and O–H groups in total. The zero-order valence-corrected chi connectivity index (χ0v) is 14.3. The van der Waals surface area contributed by atoms with E-state index in [1.807, 2.05) is 66.0 Å². The van der Waals surface area contributed by atoms with Crippen LogP contribution < -0.4 is 5.32 Å². The van der Waals surface area contributed by atoms with Gasteiger partial charge in [-0.2, -0.15) is 0 Å². The van der Waals surface area contributed by atoms with Crippen molar-refractivity contribution >= 4 is 11.9 Å². The molecule has 2 aromatic carbocycles. The van der Waals surface area contributed by atoms with Crippen LogP contribution in [0, 0.1) is 5.92 Å². The van der Waals surface area contributed by atoms with Crippen LogP contribution in [0.3, 0.4) is 0 Å². The highest BCUT2D eigenvalue weighted by Gasteiger charge is 2.55. The van der Waals surface area contributed by atoms with Gasteiger partial charge in [0.25, 0.3) is 0 Å². The smallest absolute Gasteiger partial charge is 0.365 e. The Bertz CT molecular complexity index is 732. The van der Waals surface area contributed by atoms with E-state index in [1.165, 1.54) is 14.2 Å². The van der Waals surface area contributed by atoms with Crippen molar-refractivity contribution in [2.24, 2.45) is 5.92 Å². The molecular formula is C20H22NO4+. The molecule has 2 aromatic rings. The Kier molecular flexibility index (Phi) is 5.14. The van der Waals surface area contributed by atoms with E-state index in [1.54, 1.807) is 0 Å². The van der Waals surface area contributed by atoms with Gasteiger partial charge in [0.15, 0.2) is 6.04 Å². The Hall–Kier alpha value is -2.66. The summed E-state index contributed by atoms with van der Waals surface area (Å²) in [4.78, 5) is 25.1. The number of benzene rings is 2. The van der Waals surface area contributed by atoms with Gasteiger partial charge in [-0.3, -0.25) is 4.79 Å². The predicted octanol–water partition coefficient (Wildman–Crippen LogP) is 1.42. The molecule has 0 saturated carbocycles. The number of esters is 2. The van der Waals surface area contributed by atoms with E-state index in [2.05, 4.69) is 0 Å². The lowest BCUT2D eigenvalue weighted by Gasteiger charge is -2.20. The first-order valence-electron chi connectivity index (χ1n) is 8.28. The molecule has 1 aliphatic heterocycles. The van der Waals surface area contributed by atoms with Gasteiger partial charge in [0, 0.05) is 5.56 Å². The molecule has 0 aliphatic carbocycles. The Morgan fingerprint density at radius 2 is 1.32 bits per heavy atom. The molecule has 0 aromatic heterocycles. The molecule has 0 unspecified atom stereocenters. The molecule has 1 heterocycles. The van der Waals surface area contributed by atoms with Crippen LogP contribution in [-0.2, 0) is 19.1 Å². The Morgan fingerprint density at radius 1 is 0.800 bits per heavy atom. The lowest BCUT2D eigenvalue weighted by atomic mass is 9.80. The predicted molar refractivity (Wildman–Crippen MR) is 91.6 cm³/mol. The van der Waals surface area contributed by atoms with Gasteiger partial charge in [-0.05, 0) is 5.56 Å². The van der Waals surface area contributed by atoms with Crippen molar-refractivity contribution in [2.45, 2.75) is 18.0 Å². The standard InChI is InChI=1S/C20H21NO4/c1-24-19(22)16-15(13-9-5-3-6-10-13)18(20(23)25-2)21-17(16)14-11-7-4-8-12-14/h3-12,15-18,21H,1-2H3/p+1/t15-,16-,17-,18-/m1/s1. The van der Waals surface area contributed by atoms with Crippen LogP contribution in [0.25, 0.3) is 0 Å². The van der Waals surface area contributed by atoms with Crippen LogP contribution in [-0.4, -0.2) is 32.2 Å². The monoisotopic (exact) mass is 340 g/mol. The van der Waals surface area contributed by atoms with E-state index in [-0.39, 0.29) is 23.9 Å². The Balaban J connectivity index is 2.09. The lowest BCUT2D eigenvalue weighted by molar-refractivity contribution is -0.700. The van der Waals surface area contributed by atoms with Crippen molar-refractivity contribution in [3.8, 4) is 0 Å². The summed E-state index contributed by atoms with van der Waals surface area (Å²) in [5, 5.41) is 1.93. The normalized spacial score (nSPS) is 25.4. The van der Waals surface area contributed by atoms with Crippen LogP contribution in [0.2, 0.25) is 0 Å². The number of hydrogen-bond acceptors (Lipinski definition) is 4. The second kappa shape index (κ2) is 7.49. The molecule has 130 valence electrons. The summed E-state index contributed by atoms with van der Waals surface area (Å²) < 4.78 is 10.1. The van der Waals surface area contributed by atoms with Crippen LogP contribution in [0.15, 0.2) is 60.7 Å². The molecule has 4 atom stereocenters. The van der Waals surface area contributed by atoms with Crippen LogP contribution in [0.1, 0.15) is 23.1 Å². The maximum Gasteiger partial charge on any atom is 0.365 e. The molecule has 0 spiro atoms. The number of hydrogen-bond donors (Lipinski definition) is 1. The Morgan fingerprint density at radius 3 is 1.84 bits per heavy atom. The number of quaternary nitrogens is 1. The van der Waals surface area contributed by atoms with E-state index in [0.29, 0.717) is 0 Å². The first-order valence-corrected chi connectivity index (χ1v) is 8.28. The summed E-state index contributed by atoms with van der Waals surface area (Å²) >= 11 is 0. The SMILES string of the molecule is COC(=O)[C@@H]1[C@@H](c2ccccc2)[C@H](C(=O)OC)[NH2+][C@@H]1c1ccccc1. The Labute approximate surface area is 147 Å². The number of carbonyl (C=O) groups is 2. The van der Waals surface area contributed by atoms with Crippen molar-refractivity contribution in [1.29, 1.82) is 0 Å². The van der Waals surface area contributed by atoms with Crippen molar-refractivity contribution in [3.63, 3.8) is 0 Å². The average Bonchev–Trinajstić information content (AvgIpc) is 3.08. The molecular weight excluding hydrogens is 318 g/mol. The third-order valence-electron chi connectivity index (χ3n) is 4.89. The van der Waals surface area contributed by atoms with Gasteiger partial charge < -0.3 is 14.8 Å². The summed E-state index contributed by atoms with van der Waals surface area (Å²) in [5.41, 5.74) is 1.92. The van der Waals surface area contributed by atoms with E-state index < -0.39 is 12.0 Å². The van der Waals surface area contributed by atoms with Crippen molar-refractivity contribution in [3.05, 3.63) is 71.8 Å². The first kappa shape index (κ1) is 17.2. The quantitative estimate of drug-likeness (QED) is 0.855. The fourth-order valence-corrected chi connectivity index (χ4v) is 3.78. The number of methoxy groups -OCH3 is 2. The lowest BCUT2D eigenvalue weighted by Crippen LogP contribution is -2.90. The molecule has 0 radical (unpaired) electrons. The van der Waals surface area contributed by atoms with Crippen molar-refractivity contribution in [1.82, 2.24) is 0 Å². The first-order chi connectivity index (χ1) is 12.2. The van der Waals surface area contributed by atoms with Gasteiger partial charge in [-0.25, -0.2) is 4.79 Å². The van der Waals surface area contributed by atoms with Crippen molar-refractivity contribution in [2.75, 3.05) is 14.2 Å².